The lowest BCUT2D eigenvalue weighted by Crippen LogP contribution is -2.43. The van der Waals surface area contributed by atoms with Crippen LogP contribution in [-0.4, -0.2) is 29.3 Å². The number of carbonyl (C=O) groups is 2. The van der Waals surface area contributed by atoms with Crippen LogP contribution in [0, 0.1) is 0 Å². The summed E-state index contributed by atoms with van der Waals surface area (Å²) in [6.45, 7) is 0.596. The van der Waals surface area contributed by atoms with Gasteiger partial charge in [0, 0.05) is 18.9 Å². The summed E-state index contributed by atoms with van der Waals surface area (Å²) in [5.74, 6) is -0.206. The van der Waals surface area contributed by atoms with Crippen molar-refractivity contribution >= 4 is 11.8 Å². The number of hydrogen-bond donors (Lipinski definition) is 1. The molecule has 0 saturated carbocycles. The van der Waals surface area contributed by atoms with Crippen molar-refractivity contribution in [1.29, 1.82) is 0 Å². The van der Waals surface area contributed by atoms with Gasteiger partial charge in [0.2, 0.25) is 11.8 Å². The SMILES string of the molecule is O=C(CC(c1ccccc1)c1ccccc1)NC1CCN(C(c2ccccc2)c2ccccc2)C1=O. The number of hydrogen-bond acceptors (Lipinski definition) is 2. The summed E-state index contributed by atoms with van der Waals surface area (Å²) in [4.78, 5) is 28.7. The van der Waals surface area contributed by atoms with Gasteiger partial charge in [0.1, 0.15) is 6.04 Å². The minimum atomic E-state index is -0.514. The Morgan fingerprint density at radius 3 is 1.56 bits per heavy atom. The van der Waals surface area contributed by atoms with Crippen LogP contribution in [0.5, 0.6) is 0 Å². The van der Waals surface area contributed by atoms with Gasteiger partial charge in [-0.25, -0.2) is 0 Å². The third-order valence-electron chi connectivity index (χ3n) is 6.91. The average Bonchev–Trinajstić information content (AvgIpc) is 3.29. The highest BCUT2D eigenvalue weighted by atomic mass is 16.2. The molecule has 1 aliphatic heterocycles. The number of carbonyl (C=O) groups excluding carboxylic acids is 2. The molecule has 1 unspecified atom stereocenters. The van der Waals surface area contributed by atoms with E-state index < -0.39 is 6.04 Å². The molecule has 0 aromatic heterocycles. The van der Waals surface area contributed by atoms with Crippen molar-refractivity contribution in [3.05, 3.63) is 144 Å². The topological polar surface area (TPSA) is 49.4 Å². The summed E-state index contributed by atoms with van der Waals surface area (Å²) in [5.41, 5.74) is 4.31. The first kappa shape index (κ1) is 23.6. The van der Waals surface area contributed by atoms with E-state index in [9.17, 15) is 9.59 Å². The van der Waals surface area contributed by atoms with Gasteiger partial charge in [-0.2, -0.15) is 0 Å². The predicted octanol–water partition coefficient (Wildman–Crippen LogP) is 5.72. The molecule has 0 aliphatic carbocycles. The van der Waals surface area contributed by atoms with E-state index in [2.05, 4.69) is 53.8 Å². The normalized spacial score (nSPS) is 15.4. The second-order valence-corrected chi connectivity index (χ2v) is 9.24. The fraction of sp³-hybridized carbons (Fsp3) is 0.188. The molecule has 1 heterocycles. The molecule has 180 valence electrons. The van der Waals surface area contributed by atoms with E-state index in [4.69, 9.17) is 0 Å². The molecular weight excluding hydrogens is 444 g/mol. The van der Waals surface area contributed by atoms with Crippen LogP contribution in [0.2, 0.25) is 0 Å². The average molecular weight is 475 g/mol. The second-order valence-electron chi connectivity index (χ2n) is 9.24. The maximum Gasteiger partial charge on any atom is 0.245 e. The van der Waals surface area contributed by atoms with Crippen molar-refractivity contribution in [1.82, 2.24) is 10.2 Å². The summed E-state index contributed by atoms with van der Waals surface area (Å²) < 4.78 is 0. The van der Waals surface area contributed by atoms with Crippen molar-refractivity contribution in [2.45, 2.75) is 30.8 Å². The zero-order chi connectivity index (χ0) is 24.7. The van der Waals surface area contributed by atoms with Crippen molar-refractivity contribution in [2.24, 2.45) is 0 Å². The van der Waals surface area contributed by atoms with E-state index in [1.54, 1.807) is 0 Å². The van der Waals surface area contributed by atoms with Crippen molar-refractivity contribution in [2.75, 3.05) is 6.54 Å². The summed E-state index contributed by atoms with van der Waals surface area (Å²) in [6, 6.07) is 39.6. The molecule has 36 heavy (non-hydrogen) atoms. The molecule has 4 aromatic rings. The fourth-order valence-electron chi connectivity index (χ4n) is 5.15. The minimum absolute atomic E-state index is 0.0305. The molecule has 0 spiro atoms. The molecule has 4 aromatic carbocycles. The molecule has 0 bridgehead atoms. The first-order valence-electron chi connectivity index (χ1n) is 12.5. The van der Waals surface area contributed by atoms with Crippen molar-refractivity contribution in [3.63, 3.8) is 0 Å². The van der Waals surface area contributed by atoms with E-state index in [0.29, 0.717) is 19.4 Å². The summed E-state index contributed by atoms with van der Waals surface area (Å²) in [7, 11) is 0. The molecule has 1 fully saturated rings. The highest BCUT2D eigenvalue weighted by Crippen LogP contribution is 2.33. The van der Waals surface area contributed by atoms with E-state index >= 15 is 0 Å². The first-order valence-corrected chi connectivity index (χ1v) is 12.5. The van der Waals surface area contributed by atoms with Gasteiger partial charge in [0.25, 0.3) is 0 Å². The molecule has 4 nitrogen and oxygen atoms in total. The molecule has 1 aliphatic rings. The standard InChI is InChI=1S/C32H30N2O2/c35-30(23-28(24-13-5-1-6-14-24)25-15-7-2-8-16-25)33-29-21-22-34(32(29)36)31(26-17-9-3-10-18-26)27-19-11-4-12-20-27/h1-20,28-29,31H,21-23H2,(H,33,35). The first-order chi connectivity index (χ1) is 17.7. The number of amides is 2. The van der Waals surface area contributed by atoms with Gasteiger partial charge < -0.3 is 10.2 Å². The lowest BCUT2D eigenvalue weighted by molar-refractivity contribution is -0.133. The Morgan fingerprint density at radius 2 is 1.11 bits per heavy atom. The molecule has 4 heteroatoms. The Balaban J connectivity index is 1.33. The molecule has 1 N–H and O–H groups in total. The monoisotopic (exact) mass is 474 g/mol. The maximum atomic E-state index is 13.6. The Hall–Kier alpha value is -4.18. The highest BCUT2D eigenvalue weighted by molar-refractivity contribution is 5.90. The van der Waals surface area contributed by atoms with Gasteiger partial charge >= 0.3 is 0 Å². The van der Waals surface area contributed by atoms with E-state index in [0.717, 1.165) is 22.3 Å². The molecule has 5 rings (SSSR count). The van der Waals surface area contributed by atoms with Crippen molar-refractivity contribution in [3.8, 4) is 0 Å². The van der Waals surface area contributed by atoms with Crippen LogP contribution in [0.25, 0.3) is 0 Å². The Labute approximate surface area is 212 Å². The van der Waals surface area contributed by atoms with Crippen LogP contribution >= 0.6 is 0 Å². The van der Waals surface area contributed by atoms with E-state index in [-0.39, 0.29) is 23.8 Å². The Morgan fingerprint density at radius 1 is 0.694 bits per heavy atom. The molecule has 1 saturated heterocycles. The van der Waals surface area contributed by atoms with Crippen LogP contribution in [-0.2, 0) is 9.59 Å². The lowest BCUT2D eigenvalue weighted by atomic mass is 9.88. The highest BCUT2D eigenvalue weighted by Gasteiger charge is 2.38. The fourth-order valence-corrected chi connectivity index (χ4v) is 5.15. The van der Waals surface area contributed by atoms with Crippen LogP contribution < -0.4 is 5.32 Å². The number of rotatable bonds is 8. The minimum Gasteiger partial charge on any atom is -0.344 e. The van der Waals surface area contributed by atoms with Gasteiger partial charge in [0.15, 0.2) is 0 Å². The second kappa shape index (κ2) is 11.0. The zero-order valence-corrected chi connectivity index (χ0v) is 20.2. The van der Waals surface area contributed by atoms with Crippen LogP contribution in [0.3, 0.4) is 0 Å². The summed E-state index contributed by atoms with van der Waals surface area (Å²) in [6.07, 6.45) is 0.890. The van der Waals surface area contributed by atoms with Gasteiger partial charge in [-0.15, -0.1) is 0 Å². The smallest absolute Gasteiger partial charge is 0.245 e. The summed E-state index contributed by atoms with van der Waals surface area (Å²) in [5, 5.41) is 3.06. The largest absolute Gasteiger partial charge is 0.344 e. The third kappa shape index (κ3) is 5.23. The van der Waals surface area contributed by atoms with Crippen LogP contribution in [0.4, 0.5) is 0 Å². The van der Waals surface area contributed by atoms with Gasteiger partial charge in [-0.05, 0) is 28.7 Å². The molecule has 0 radical (unpaired) electrons. The van der Waals surface area contributed by atoms with E-state index in [1.165, 1.54) is 0 Å². The molecule has 1 atom stereocenters. The maximum absolute atomic E-state index is 13.6. The quantitative estimate of drug-likeness (QED) is 0.355. The Kier molecular flexibility index (Phi) is 7.23. The third-order valence-corrected chi connectivity index (χ3v) is 6.91. The Bertz CT molecular complexity index is 1200. The predicted molar refractivity (Wildman–Crippen MR) is 142 cm³/mol. The lowest BCUT2D eigenvalue weighted by Gasteiger charge is -2.29. The number of nitrogens with zero attached hydrogens (tertiary/aromatic N) is 1. The van der Waals surface area contributed by atoms with Gasteiger partial charge in [-0.1, -0.05) is 121 Å². The van der Waals surface area contributed by atoms with Crippen molar-refractivity contribution < 1.29 is 9.59 Å². The molecular formula is C32H30N2O2. The zero-order valence-electron chi connectivity index (χ0n) is 20.2. The van der Waals surface area contributed by atoms with Gasteiger partial charge in [0.05, 0.1) is 6.04 Å². The van der Waals surface area contributed by atoms with E-state index in [1.807, 2.05) is 77.7 Å². The number of benzene rings is 4. The number of nitrogens with one attached hydrogen (secondary N) is 1. The molecule has 2 amide bonds. The number of likely N-dealkylation sites (tertiary alicyclic amines) is 1. The van der Waals surface area contributed by atoms with Crippen LogP contribution in [0.1, 0.15) is 47.1 Å². The summed E-state index contributed by atoms with van der Waals surface area (Å²) >= 11 is 0. The van der Waals surface area contributed by atoms with Gasteiger partial charge in [-0.3, -0.25) is 9.59 Å². The van der Waals surface area contributed by atoms with Crippen LogP contribution in [0.15, 0.2) is 121 Å².